The standard InChI is InChI=1S/C17H16O4/c1-12(15-8-7-14(18)11-16(15)19)17(20)21-10-9-13-5-3-2-4-6-13/h2-12,18-19H,1H3. The Morgan fingerprint density at radius 2 is 1.86 bits per heavy atom. The predicted molar refractivity (Wildman–Crippen MR) is 79.8 cm³/mol. The van der Waals surface area contributed by atoms with Gasteiger partial charge < -0.3 is 14.9 Å². The van der Waals surface area contributed by atoms with Crippen LogP contribution < -0.4 is 0 Å². The van der Waals surface area contributed by atoms with Crippen LogP contribution in [-0.2, 0) is 9.53 Å². The molecule has 2 rings (SSSR count). The van der Waals surface area contributed by atoms with Crippen molar-refractivity contribution in [3.05, 3.63) is 65.9 Å². The van der Waals surface area contributed by atoms with Gasteiger partial charge in [0, 0.05) is 11.6 Å². The summed E-state index contributed by atoms with van der Waals surface area (Å²) in [7, 11) is 0. The molecule has 1 unspecified atom stereocenters. The number of phenolic OH excluding ortho intramolecular Hbond substituents is 2. The van der Waals surface area contributed by atoms with E-state index >= 15 is 0 Å². The van der Waals surface area contributed by atoms with E-state index in [1.807, 2.05) is 30.3 Å². The van der Waals surface area contributed by atoms with Crippen molar-refractivity contribution in [1.29, 1.82) is 0 Å². The zero-order valence-corrected chi connectivity index (χ0v) is 11.6. The molecule has 0 spiro atoms. The molecule has 0 aromatic heterocycles. The van der Waals surface area contributed by atoms with Gasteiger partial charge in [-0.2, -0.15) is 0 Å². The molecule has 0 aliphatic heterocycles. The lowest BCUT2D eigenvalue weighted by Gasteiger charge is -2.11. The molecule has 2 N–H and O–H groups in total. The largest absolute Gasteiger partial charge is 0.508 e. The summed E-state index contributed by atoms with van der Waals surface area (Å²) in [6.45, 7) is 1.63. The quantitative estimate of drug-likeness (QED) is 0.667. The SMILES string of the molecule is CC(C(=O)OC=Cc1ccccc1)c1ccc(O)cc1O. The van der Waals surface area contributed by atoms with E-state index in [9.17, 15) is 15.0 Å². The van der Waals surface area contributed by atoms with E-state index < -0.39 is 11.9 Å². The van der Waals surface area contributed by atoms with Crippen LogP contribution in [0, 0.1) is 0 Å². The van der Waals surface area contributed by atoms with Gasteiger partial charge in [-0.1, -0.05) is 36.4 Å². The molecule has 2 aromatic rings. The fourth-order valence-electron chi connectivity index (χ4n) is 1.87. The molecule has 0 heterocycles. The Labute approximate surface area is 122 Å². The first-order chi connectivity index (χ1) is 10.1. The molecule has 0 fully saturated rings. The Hall–Kier alpha value is -2.75. The van der Waals surface area contributed by atoms with Gasteiger partial charge in [-0.15, -0.1) is 0 Å². The Morgan fingerprint density at radius 3 is 2.52 bits per heavy atom. The average molecular weight is 284 g/mol. The van der Waals surface area contributed by atoms with Crippen molar-refractivity contribution in [2.24, 2.45) is 0 Å². The molecular formula is C17H16O4. The van der Waals surface area contributed by atoms with Crippen LogP contribution in [-0.4, -0.2) is 16.2 Å². The number of ether oxygens (including phenoxy) is 1. The van der Waals surface area contributed by atoms with E-state index in [1.54, 1.807) is 13.0 Å². The van der Waals surface area contributed by atoms with Gasteiger partial charge in [-0.3, -0.25) is 4.79 Å². The van der Waals surface area contributed by atoms with Crippen LogP contribution in [0.2, 0.25) is 0 Å². The summed E-state index contributed by atoms with van der Waals surface area (Å²) in [4.78, 5) is 11.9. The van der Waals surface area contributed by atoms with Crippen molar-refractivity contribution in [3.63, 3.8) is 0 Å². The summed E-state index contributed by atoms with van der Waals surface area (Å²) in [5.41, 5.74) is 1.33. The maximum atomic E-state index is 11.9. The van der Waals surface area contributed by atoms with Crippen LogP contribution in [0.3, 0.4) is 0 Å². The highest BCUT2D eigenvalue weighted by Gasteiger charge is 2.19. The normalized spacial score (nSPS) is 12.2. The van der Waals surface area contributed by atoms with Gasteiger partial charge in [-0.05, 0) is 24.6 Å². The van der Waals surface area contributed by atoms with E-state index in [-0.39, 0.29) is 11.5 Å². The zero-order chi connectivity index (χ0) is 15.2. The van der Waals surface area contributed by atoms with E-state index in [4.69, 9.17) is 4.74 Å². The lowest BCUT2D eigenvalue weighted by Crippen LogP contribution is -2.10. The van der Waals surface area contributed by atoms with Crippen molar-refractivity contribution in [3.8, 4) is 11.5 Å². The van der Waals surface area contributed by atoms with E-state index in [1.165, 1.54) is 24.5 Å². The fourth-order valence-corrected chi connectivity index (χ4v) is 1.87. The molecule has 0 aliphatic rings. The lowest BCUT2D eigenvalue weighted by atomic mass is 10.0. The summed E-state index contributed by atoms with van der Waals surface area (Å²) in [6, 6.07) is 13.6. The highest BCUT2D eigenvalue weighted by Crippen LogP contribution is 2.29. The van der Waals surface area contributed by atoms with Gasteiger partial charge in [0.15, 0.2) is 0 Å². The number of carbonyl (C=O) groups is 1. The van der Waals surface area contributed by atoms with Gasteiger partial charge in [0.2, 0.25) is 0 Å². The minimum Gasteiger partial charge on any atom is -0.508 e. The molecule has 0 saturated carbocycles. The van der Waals surface area contributed by atoms with Crippen LogP contribution in [0.5, 0.6) is 11.5 Å². The number of aromatic hydroxyl groups is 2. The lowest BCUT2D eigenvalue weighted by molar-refractivity contribution is -0.139. The molecule has 21 heavy (non-hydrogen) atoms. The molecule has 0 amide bonds. The van der Waals surface area contributed by atoms with Crippen molar-refractivity contribution >= 4 is 12.0 Å². The predicted octanol–water partition coefficient (Wildman–Crippen LogP) is 3.42. The molecule has 1 atom stereocenters. The van der Waals surface area contributed by atoms with Gasteiger partial charge in [-0.25, -0.2) is 0 Å². The summed E-state index contributed by atoms with van der Waals surface area (Å²) < 4.78 is 5.05. The second-order valence-corrected chi connectivity index (χ2v) is 4.62. The first-order valence-electron chi connectivity index (χ1n) is 6.52. The number of phenols is 2. The number of hydrogen-bond donors (Lipinski definition) is 2. The summed E-state index contributed by atoms with van der Waals surface area (Å²) in [5.74, 6) is -1.30. The Kier molecular flexibility index (Phi) is 4.61. The van der Waals surface area contributed by atoms with Crippen LogP contribution >= 0.6 is 0 Å². The monoisotopic (exact) mass is 284 g/mol. The van der Waals surface area contributed by atoms with E-state index in [0.717, 1.165) is 5.56 Å². The number of benzene rings is 2. The van der Waals surface area contributed by atoms with Crippen LogP contribution in [0.1, 0.15) is 24.0 Å². The molecule has 0 radical (unpaired) electrons. The molecule has 0 bridgehead atoms. The molecular weight excluding hydrogens is 268 g/mol. The van der Waals surface area contributed by atoms with Crippen molar-refractivity contribution in [2.75, 3.05) is 0 Å². The highest BCUT2D eigenvalue weighted by atomic mass is 16.5. The topological polar surface area (TPSA) is 66.8 Å². The Morgan fingerprint density at radius 1 is 1.14 bits per heavy atom. The second kappa shape index (κ2) is 6.61. The first kappa shape index (κ1) is 14.7. The molecule has 4 heteroatoms. The van der Waals surface area contributed by atoms with Crippen molar-refractivity contribution in [2.45, 2.75) is 12.8 Å². The summed E-state index contributed by atoms with van der Waals surface area (Å²) in [5, 5.41) is 19.0. The van der Waals surface area contributed by atoms with Gasteiger partial charge in [0.05, 0.1) is 12.2 Å². The highest BCUT2D eigenvalue weighted by molar-refractivity contribution is 5.79. The van der Waals surface area contributed by atoms with Gasteiger partial charge >= 0.3 is 5.97 Å². The van der Waals surface area contributed by atoms with Crippen LogP contribution in [0.15, 0.2) is 54.8 Å². The van der Waals surface area contributed by atoms with E-state index in [2.05, 4.69) is 0 Å². The third-order valence-corrected chi connectivity index (χ3v) is 3.08. The van der Waals surface area contributed by atoms with Gasteiger partial charge in [0.25, 0.3) is 0 Å². The van der Waals surface area contributed by atoms with Gasteiger partial charge in [0.1, 0.15) is 11.5 Å². The zero-order valence-electron chi connectivity index (χ0n) is 11.6. The van der Waals surface area contributed by atoms with Crippen LogP contribution in [0.4, 0.5) is 0 Å². The third-order valence-electron chi connectivity index (χ3n) is 3.08. The number of hydrogen-bond acceptors (Lipinski definition) is 4. The third kappa shape index (κ3) is 3.86. The smallest absolute Gasteiger partial charge is 0.318 e. The van der Waals surface area contributed by atoms with Crippen molar-refractivity contribution in [1.82, 2.24) is 0 Å². The maximum absolute atomic E-state index is 11.9. The van der Waals surface area contributed by atoms with Crippen molar-refractivity contribution < 1.29 is 19.7 Å². The Balaban J connectivity index is 2.01. The molecule has 0 saturated heterocycles. The number of rotatable bonds is 4. The average Bonchev–Trinajstić information content (AvgIpc) is 2.47. The fraction of sp³-hybridized carbons (Fsp3) is 0.118. The minimum atomic E-state index is -0.633. The number of esters is 1. The second-order valence-electron chi connectivity index (χ2n) is 4.62. The maximum Gasteiger partial charge on any atom is 0.318 e. The molecule has 2 aromatic carbocycles. The van der Waals surface area contributed by atoms with E-state index in [0.29, 0.717) is 5.56 Å². The molecule has 108 valence electrons. The number of carbonyl (C=O) groups excluding carboxylic acids is 1. The molecule has 0 aliphatic carbocycles. The first-order valence-corrected chi connectivity index (χ1v) is 6.52. The Bertz CT molecular complexity index is 647. The molecule has 4 nitrogen and oxygen atoms in total. The summed E-state index contributed by atoms with van der Waals surface area (Å²) in [6.07, 6.45) is 3.01. The minimum absolute atomic E-state index is 0.0548. The van der Waals surface area contributed by atoms with Crippen LogP contribution in [0.25, 0.3) is 6.08 Å². The summed E-state index contributed by atoms with van der Waals surface area (Å²) >= 11 is 0.